The van der Waals surface area contributed by atoms with Gasteiger partial charge in [-0.25, -0.2) is 0 Å². The SMILES string of the molecule is C=C1/C(=C\C=C2/CCC[C@]3(C)C([C@H](C)CCC(C)O)CC[C@@H]23)C[C@@H](O)C[C@@H]1C. The van der Waals surface area contributed by atoms with Crippen molar-refractivity contribution in [1.29, 1.82) is 0 Å². The van der Waals surface area contributed by atoms with Gasteiger partial charge in [0.05, 0.1) is 12.2 Å². The smallest absolute Gasteiger partial charge is 0.0586 e. The van der Waals surface area contributed by atoms with Crippen molar-refractivity contribution in [3.63, 3.8) is 0 Å². The van der Waals surface area contributed by atoms with E-state index in [4.69, 9.17) is 0 Å². The highest BCUT2D eigenvalue weighted by Gasteiger charge is 2.50. The van der Waals surface area contributed by atoms with Crippen molar-refractivity contribution in [2.45, 2.75) is 97.7 Å². The van der Waals surface area contributed by atoms with Crippen LogP contribution >= 0.6 is 0 Å². The summed E-state index contributed by atoms with van der Waals surface area (Å²) in [7, 11) is 0. The molecule has 0 aromatic rings. The fourth-order valence-corrected chi connectivity index (χ4v) is 6.64. The Morgan fingerprint density at radius 2 is 1.96 bits per heavy atom. The molecule has 0 bridgehead atoms. The Labute approximate surface area is 172 Å². The summed E-state index contributed by atoms with van der Waals surface area (Å²) in [6.07, 6.45) is 14.5. The van der Waals surface area contributed by atoms with Crippen molar-refractivity contribution < 1.29 is 10.2 Å². The Kier molecular flexibility index (Phi) is 6.92. The summed E-state index contributed by atoms with van der Waals surface area (Å²) >= 11 is 0. The number of fused-ring (bicyclic) bond motifs is 1. The molecule has 0 aromatic carbocycles. The summed E-state index contributed by atoms with van der Waals surface area (Å²) in [4.78, 5) is 0. The van der Waals surface area contributed by atoms with E-state index in [0.29, 0.717) is 23.2 Å². The van der Waals surface area contributed by atoms with Crippen LogP contribution in [0.5, 0.6) is 0 Å². The monoisotopic (exact) mass is 386 g/mol. The molecule has 28 heavy (non-hydrogen) atoms. The Hall–Kier alpha value is -0.860. The van der Waals surface area contributed by atoms with Crippen LogP contribution in [-0.2, 0) is 0 Å². The summed E-state index contributed by atoms with van der Waals surface area (Å²) in [5.41, 5.74) is 4.52. The maximum absolute atomic E-state index is 10.2. The van der Waals surface area contributed by atoms with E-state index in [9.17, 15) is 10.2 Å². The van der Waals surface area contributed by atoms with Gasteiger partial charge in [-0.15, -0.1) is 0 Å². The molecule has 3 rings (SSSR count). The molecule has 2 heteroatoms. The van der Waals surface area contributed by atoms with Crippen LogP contribution in [0.15, 0.2) is 35.5 Å². The zero-order valence-corrected chi connectivity index (χ0v) is 18.6. The summed E-state index contributed by atoms with van der Waals surface area (Å²) in [5, 5.41) is 19.9. The van der Waals surface area contributed by atoms with E-state index in [1.54, 1.807) is 5.57 Å². The minimum absolute atomic E-state index is 0.178. The molecule has 0 saturated heterocycles. The normalized spacial score (nSPS) is 41.3. The first-order valence-corrected chi connectivity index (χ1v) is 11.7. The number of hydrogen-bond donors (Lipinski definition) is 2. The summed E-state index contributed by atoms with van der Waals surface area (Å²) in [6.45, 7) is 13.3. The van der Waals surface area contributed by atoms with Gasteiger partial charge in [-0.1, -0.05) is 45.1 Å². The van der Waals surface area contributed by atoms with Crippen molar-refractivity contribution in [3.8, 4) is 0 Å². The van der Waals surface area contributed by atoms with Crippen LogP contribution in [0.3, 0.4) is 0 Å². The fourth-order valence-electron chi connectivity index (χ4n) is 6.64. The first kappa shape index (κ1) is 21.8. The Morgan fingerprint density at radius 3 is 2.68 bits per heavy atom. The quantitative estimate of drug-likeness (QED) is 0.590. The molecule has 3 fully saturated rings. The van der Waals surface area contributed by atoms with Crippen LogP contribution in [0.25, 0.3) is 0 Å². The molecule has 3 aliphatic carbocycles. The van der Waals surface area contributed by atoms with Crippen LogP contribution < -0.4 is 0 Å². The average molecular weight is 387 g/mol. The van der Waals surface area contributed by atoms with E-state index in [0.717, 1.165) is 31.6 Å². The van der Waals surface area contributed by atoms with Gasteiger partial charge >= 0.3 is 0 Å². The van der Waals surface area contributed by atoms with Gasteiger partial charge in [0.2, 0.25) is 0 Å². The first-order valence-electron chi connectivity index (χ1n) is 11.7. The largest absolute Gasteiger partial charge is 0.393 e. The lowest BCUT2D eigenvalue weighted by Gasteiger charge is -2.44. The van der Waals surface area contributed by atoms with Crippen LogP contribution in [0, 0.1) is 29.1 Å². The van der Waals surface area contributed by atoms with Crippen molar-refractivity contribution in [1.82, 2.24) is 0 Å². The topological polar surface area (TPSA) is 40.5 Å². The van der Waals surface area contributed by atoms with Gasteiger partial charge in [-0.2, -0.15) is 0 Å². The highest BCUT2D eigenvalue weighted by atomic mass is 16.3. The lowest BCUT2D eigenvalue weighted by atomic mass is 9.60. The van der Waals surface area contributed by atoms with Gasteiger partial charge in [-0.05, 0) is 105 Å². The molecule has 0 amide bonds. The van der Waals surface area contributed by atoms with Crippen molar-refractivity contribution in [3.05, 3.63) is 35.5 Å². The van der Waals surface area contributed by atoms with Crippen LogP contribution in [-0.4, -0.2) is 22.4 Å². The highest BCUT2D eigenvalue weighted by molar-refractivity contribution is 5.37. The van der Waals surface area contributed by atoms with Gasteiger partial charge in [0.15, 0.2) is 0 Å². The van der Waals surface area contributed by atoms with E-state index in [2.05, 4.69) is 39.5 Å². The van der Waals surface area contributed by atoms with Crippen LogP contribution in [0.1, 0.15) is 85.5 Å². The average Bonchev–Trinajstić information content (AvgIpc) is 2.99. The molecule has 0 heterocycles. The molecule has 7 atom stereocenters. The van der Waals surface area contributed by atoms with E-state index in [-0.39, 0.29) is 12.2 Å². The number of aliphatic hydroxyl groups is 2. The minimum Gasteiger partial charge on any atom is -0.393 e. The molecule has 158 valence electrons. The van der Waals surface area contributed by atoms with E-state index in [1.807, 2.05) is 6.92 Å². The second-order valence-corrected chi connectivity index (χ2v) is 10.5. The van der Waals surface area contributed by atoms with E-state index >= 15 is 0 Å². The highest BCUT2D eigenvalue weighted by Crippen LogP contribution is 2.59. The number of rotatable bonds is 5. The van der Waals surface area contributed by atoms with Crippen LogP contribution in [0.4, 0.5) is 0 Å². The first-order chi connectivity index (χ1) is 13.2. The predicted molar refractivity (Wildman–Crippen MR) is 118 cm³/mol. The second kappa shape index (κ2) is 8.88. The zero-order valence-electron chi connectivity index (χ0n) is 18.6. The number of allylic oxidation sites excluding steroid dienone is 4. The maximum Gasteiger partial charge on any atom is 0.0586 e. The molecule has 0 aromatic heterocycles. The lowest BCUT2D eigenvalue weighted by Crippen LogP contribution is -2.36. The zero-order chi connectivity index (χ0) is 20.5. The molecule has 3 aliphatic rings. The molecule has 2 unspecified atom stereocenters. The predicted octanol–water partition coefficient (Wildman–Crippen LogP) is 6.20. The minimum atomic E-state index is -0.215. The summed E-state index contributed by atoms with van der Waals surface area (Å²) in [5.74, 6) is 2.56. The Morgan fingerprint density at radius 1 is 1.21 bits per heavy atom. The summed E-state index contributed by atoms with van der Waals surface area (Å²) in [6, 6.07) is 0. The third-order valence-corrected chi connectivity index (χ3v) is 8.35. The van der Waals surface area contributed by atoms with Crippen molar-refractivity contribution >= 4 is 0 Å². The molecule has 0 aliphatic heterocycles. The van der Waals surface area contributed by atoms with Crippen LogP contribution in [0.2, 0.25) is 0 Å². The van der Waals surface area contributed by atoms with Gasteiger partial charge in [-0.3, -0.25) is 0 Å². The van der Waals surface area contributed by atoms with Crippen molar-refractivity contribution in [2.75, 3.05) is 0 Å². The van der Waals surface area contributed by atoms with Gasteiger partial charge in [0.25, 0.3) is 0 Å². The molecular formula is C26H42O2. The molecular weight excluding hydrogens is 344 g/mol. The number of aliphatic hydroxyl groups excluding tert-OH is 2. The molecule has 3 saturated carbocycles. The standard InChI is InChI=1S/C26H42O2/c1-17(8-9-19(3)27)24-12-13-25-21(7-6-14-26(24,25)5)10-11-22-16-23(28)15-18(2)20(22)4/h10-11,17-19,23-25,27-28H,4,6-9,12-16H2,1-3,5H3/b21-10+,22-11-/t17-,18+,19?,23+,24?,25+,26-/m1/s1. The van der Waals surface area contributed by atoms with E-state index < -0.39 is 0 Å². The summed E-state index contributed by atoms with van der Waals surface area (Å²) < 4.78 is 0. The molecule has 0 radical (unpaired) electrons. The van der Waals surface area contributed by atoms with E-state index in [1.165, 1.54) is 43.3 Å². The second-order valence-electron chi connectivity index (χ2n) is 10.5. The van der Waals surface area contributed by atoms with Gasteiger partial charge in [0, 0.05) is 0 Å². The Balaban J connectivity index is 1.75. The molecule has 2 nitrogen and oxygen atoms in total. The lowest BCUT2D eigenvalue weighted by molar-refractivity contribution is 0.0849. The fraction of sp³-hybridized carbons (Fsp3) is 0.769. The molecule has 2 N–H and O–H groups in total. The van der Waals surface area contributed by atoms with Crippen molar-refractivity contribution in [2.24, 2.45) is 29.1 Å². The third kappa shape index (κ3) is 4.49. The third-order valence-electron chi connectivity index (χ3n) is 8.35. The van der Waals surface area contributed by atoms with Gasteiger partial charge < -0.3 is 10.2 Å². The maximum atomic E-state index is 10.2. The van der Waals surface area contributed by atoms with Gasteiger partial charge in [0.1, 0.15) is 0 Å². The molecule has 0 spiro atoms. The Bertz CT molecular complexity index is 628. The number of hydrogen-bond acceptors (Lipinski definition) is 2.